The van der Waals surface area contributed by atoms with Crippen molar-refractivity contribution in [2.75, 3.05) is 6.54 Å². The van der Waals surface area contributed by atoms with Crippen LogP contribution in [0.1, 0.15) is 35.2 Å². The van der Waals surface area contributed by atoms with Crippen LogP contribution in [0.3, 0.4) is 0 Å². The van der Waals surface area contributed by atoms with Gasteiger partial charge in [-0.2, -0.15) is 0 Å². The number of likely N-dealkylation sites (tertiary alicyclic amines) is 1. The minimum atomic E-state index is -0.0724. The second-order valence-electron chi connectivity index (χ2n) is 6.55. The van der Waals surface area contributed by atoms with Gasteiger partial charge < -0.3 is 4.90 Å². The molecule has 1 amide bonds. The Hall–Kier alpha value is -3.06. The molecule has 1 aliphatic rings. The number of carbonyl (C=O) groups excluding carboxylic acids is 1. The molecule has 27 heavy (non-hydrogen) atoms. The third-order valence-electron chi connectivity index (χ3n) is 4.90. The van der Waals surface area contributed by atoms with Crippen LogP contribution in [0, 0.1) is 0 Å². The summed E-state index contributed by atoms with van der Waals surface area (Å²) in [4.78, 5) is 19.6. The van der Waals surface area contributed by atoms with Crippen molar-refractivity contribution in [1.29, 1.82) is 0 Å². The number of pyridine rings is 1. The first-order chi connectivity index (χ1) is 13.3. The average molecular weight is 375 g/mol. The quantitative estimate of drug-likeness (QED) is 0.546. The largest absolute Gasteiger partial charge is 0.327 e. The Morgan fingerprint density at radius 3 is 2.81 bits per heavy atom. The summed E-state index contributed by atoms with van der Waals surface area (Å²) in [5.74, 6) is 0.776. The second-order valence-corrected chi connectivity index (χ2v) is 7.41. The van der Waals surface area contributed by atoms with E-state index in [9.17, 15) is 4.79 Å². The number of aromatic nitrogens is 4. The Labute approximate surface area is 160 Å². The highest BCUT2D eigenvalue weighted by molar-refractivity contribution is 7.13. The minimum Gasteiger partial charge on any atom is -0.327 e. The van der Waals surface area contributed by atoms with Gasteiger partial charge in [0.05, 0.1) is 6.04 Å². The SMILES string of the molecule is O=C(c1csc(-c2ccccc2)n1)N1CCC[C@@H]1c1nnc2ccccn12. The van der Waals surface area contributed by atoms with Gasteiger partial charge in [0.2, 0.25) is 0 Å². The molecule has 0 bridgehead atoms. The molecule has 6 nitrogen and oxygen atoms in total. The van der Waals surface area contributed by atoms with E-state index in [0.29, 0.717) is 12.2 Å². The highest BCUT2D eigenvalue weighted by Gasteiger charge is 2.34. The van der Waals surface area contributed by atoms with E-state index in [1.54, 1.807) is 0 Å². The summed E-state index contributed by atoms with van der Waals surface area (Å²) >= 11 is 1.50. The predicted octanol–water partition coefficient (Wildman–Crippen LogP) is 3.83. The van der Waals surface area contributed by atoms with Crippen LogP contribution in [-0.4, -0.2) is 36.9 Å². The van der Waals surface area contributed by atoms with Gasteiger partial charge in [0.15, 0.2) is 11.5 Å². The highest BCUT2D eigenvalue weighted by atomic mass is 32.1. The standard InChI is InChI=1S/C20H17N5OS/c26-20(15-13-27-19(21-15)14-7-2-1-3-8-14)24-12-6-9-16(24)18-23-22-17-10-4-5-11-25(17)18/h1-5,7-8,10-11,13,16H,6,9,12H2/t16-/m1/s1. The van der Waals surface area contributed by atoms with Crippen LogP contribution in [0.4, 0.5) is 0 Å². The molecule has 4 aromatic rings. The molecule has 1 aliphatic heterocycles. The first-order valence-corrected chi connectivity index (χ1v) is 9.81. The lowest BCUT2D eigenvalue weighted by atomic mass is 10.2. The maximum atomic E-state index is 13.1. The van der Waals surface area contributed by atoms with Crippen molar-refractivity contribution in [3.05, 3.63) is 71.6 Å². The van der Waals surface area contributed by atoms with Crippen LogP contribution in [0.25, 0.3) is 16.2 Å². The maximum absolute atomic E-state index is 13.1. The van der Waals surface area contributed by atoms with Crippen LogP contribution < -0.4 is 0 Å². The number of hydrogen-bond acceptors (Lipinski definition) is 5. The van der Waals surface area contributed by atoms with E-state index in [2.05, 4.69) is 15.2 Å². The van der Waals surface area contributed by atoms with Gasteiger partial charge in [-0.15, -0.1) is 21.5 Å². The average Bonchev–Trinajstić information content (AvgIpc) is 3.46. The molecule has 4 heterocycles. The Balaban J connectivity index is 1.45. The lowest BCUT2D eigenvalue weighted by Gasteiger charge is -2.22. The van der Waals surface area contributed by atoms with Crippen LogP contribution in [0.2, 0.25) is 0 Å². The van der Waals surface area contributed by atoms with E-state index >= 15 is 0 Å². The van der Waals surface area contributed by atoms with E-state index in [1.807, 2.05) is 69.4 Å². The zero-order chi connectivity index (χ0) is 18.2. The maximum Gasteiger partial charge on any atom is 0.273 e. The molecule has 134 valence electrons. The van der Waals surface area contributed by atoms with Gasteiger partial charge in [-0.25, -0.2) is 4.98 Å². The number of hydrogen-bond donors (Lipinski definition) is 0. The van der Waals surface area contributed by atoms with Gasteiger partial charge in [0.1, 0.15) is 10.7 Å². The molecule has 0 unspecified atom stereocenters. The van der Waals surface area contributed by atoms with E-state index in [-0.39, 0.29) is 11.9 Å². The molecular weight excluding hydrogens is 358 g/mol. The zero-order valence-electron chi connectivity index (χ0n) is 14.5. The molecule has 0 spiro atoms. The summed E-state index contributed by atoms with van der Waals surface area (Å²) in [5.41, 5.74) is 2.33. The Bertz CT molecular complexity index is 1100. The van der Waals surface area contributed by atoms with Crippen LogP contribution >= 0.6 is 11.3 Å². The summed E-state index contributed by atoms with van der Waals surface area (Å²) < 4.78 is 1.96. The number of amides is 1. The summed E-state index contributed by atoms with van der Waals surface area (Å²) in [5, 5.41) is 11.3. The molecule has 1 atom stereocenters. The smallest absolute Gasteiger partial charge is 0.273 e. The number of carbonyl (C=O) groups is 1. The van der Waals surface area contributed by atoms with Crippen molar-refractivity contribution in [1.82, 2.24) is 24.5 Å². The number of thiazole rings is 1. The van der Waals surface area contributed by atoms with Gasteiger partial charge in [-0.05, 0) is 25.0 Å². The summed E-state index contributed by atoms with van der Waals surface area (Å²) in [6.07, 6.45) is 3.78. The highest BCUT2D eigenvalue weighted by Crippen LogP contribution is 2.33. The fourth-order valence-corrected chi connectivity index (χ4v) is 4.40. The van der Waals surface area contributed by atoms with Gasteiger partial charge >= 0.3 is 0 Å². The van der Waals surface area contributed by atoms with Crippen molar-refractivity contribution < 1.29 is 4.79 Å². The Morgan fingerprint density at radius 2 is 1.93 bits per heavy atom. The molecule has 1 saturated heterocycles. The lowest BCUT2D eigenvalue weighted by molar-refractivity contribution is 0.0724. The molecule has 7 heteroatoms. The molecule has 3 aromatic heterocycles. The third-order valence-corrected chi connectivity index (χ3v) is 5.79. The molecule has 0 N–H and O–H groups in total. The second kappa shape index (κ2) is 6.59. The van der Waals surface area contributed by atoms with Crippen LogP contribution in [-0.2, 0) is 0 Å². The molecular formula is C20H17N5OS. The van der Waals surface area contributed by atoms with Crippen molar-refractivity contribution in [3.8, 4) is 10.6 Å². The predicted molar refractivity (Wildman–Crippen MR) is 104 cm³/mol. The van der Waals surface area contributed by atoms with Crippen LogP contribution in [0.5, 0.6) is 0 Å². The number of benzene rings is 1. The minimum absolute atomic E-state index is 0.0383. The first kappa shape index (κ1) is 16.1. The summed E-state index contributed by atoms with van der Waals surface area (Å²) in [6, 6.07) is 15.7. The molecule has 0 aliphatic carbocycles. The van der Waals surface area contributed by atoms with Gasteiger partial charge in [-0.1, -0.05) is 36.4 Å². The van der Waals surface area contributed by atoms with E-state index < -0.39 is 0 Å². The van der Waals surface area contributed by atoms with Crippen LogP contribution in [0.15, 0.2) is 60.1 Å². The molecule has 1 fully saturated rings. The molecule has 1 aromatic carbocycles. The van der Waals surface area contributed by atoms with E-state index in [0.717, 1.165) is 34.9 Å². The monoisotopic (exact) mass is 375 g/mol. The number of rotatable bonds is 3. The summed E-state index contributed by atoms with van der Waals surface area (Å²) in [6.45, 7) is 0.712. The van der Waals surface area contributed by atoms with Crippen molar-refractivity contribution >= 4 is 22.9 Å². The van der Waals surface area contributed by atoms with Crippen molar-refractivity contribution in [2.24, 2.45) is 0 Å². The van der Waals surface area contributed by atoms with Gasteiger partial charge in [0.25, 0.3) is 5.91 Å². The molecule has 0 radical (unpaired) electrons. The third kappa shape index (κ3) is 2.80. The topological polar surface area (TPSA) is 63.4 Å². The van der Waals surface area contributed by atoms with Crippen molar-refractivity contribution in [3.63, 3.8) is 0 Å². The zero-order valence-corrected chi connectivity index (χ0v) is 15.3. The summed E-state index contributed by atoms with van der Waals surface area (Å²) in [7, 11) is 0. The molecule has 5 rings (SSSR count). The van der Waals surface area contributed by atoms with Gasteiger partial charge in [-0.3, -0.25) is 9.20 Å². The normalized spacial score (nSPS) is 16.9. The Kier molecular flexibility index (Phi) is 3.94. The van der Waals surface area contributed by atoms with Crippen molar-refractivity contribution in [2.45, 2.75) is 18.9 Å². The number of nitrogens with zero attached hydrogens (tertiary/aromatic N) is 5. The van der Waals surface area contributed by atoms with E-state index in [1.165, 1.54) is 11.3 Å². The molecule has 0 saturated carbocycles. The lowest BCUT2D eigenvalue weighted by Crippen LogP contribution is -2.31. The van der Waals surface area contributed by atoms with E-state index in [4.69, 9.17) is 0 Å². The first-order valence-electron chi connectivity index (χ1n) is 8.93. The number of fused-ring (bicyclic) bond motifs is 1. The fourth-order valence-electron chi connectivity index (χ4n) is 3.60. The van der Waals surface area contributed by atoms with Gasteiger partial charge in [0, 0.05) is 23.7 Å². The fraction of sp³-hybridized carbons (Fsp3) is 0.200. The Morgan fingerprint density at radius 1 is 1.07 bits per heavy atom.